The van der Waals surface area contributed by atoms with Crippen molar-refractivity contribution in [1.82, 2.24) is 23.1 Å². The molecule has 3 heterocycles. The Hall–Kier alpha value is -3.06. The fourth-order valence-corrected chi connectivity index (χ4v) is 3.53. The van der Waals surface area contributed by atoms with Gasteiger partial charge in [0.2, 0.25) is 5.78 Å². The Morgan fingerprint density at radius 3 is 2.67 bits per heavy atom. The predicted octanol–water partition coefficient (Wildman–Crippen LogP) is 2.68. The van der Waals surface area contributed by atoms with Crippen molar-refractivity contribution in [3.63, 3.8) is 0 Å². The minimum Gasteiger partial charge on any atom is -0.281 e. The van der Waals surface area contributed by atoms with Crippen molar-refractivity contribution < 1.29 is 0 Å². The number of aryl methyl sites for hydroxylation is 2. The number of hydrogen-bond acceptors (Lipinski definition) is 3. The van der Waals surface area contributed by atoms with Crippen molar-refractivity contribution in [2.75, 3.05) is 0 Å². The van der Waals surface area contributed by atoms with Gasteiger partial charge in [-0.3, -0.25) is 22.9 Å². The molecule has 0 bridgehead atoms. The third kappa shape index (κ3) is 2.46. The minimum atomic E-state index is -0.396. The monoisotopic (exact) mass is 383 g/mol. The smallest absolute Gasteiger partial charge is 0.281 e. The van der Waals surface area contributed by atoms with Crippen molar-refractivity contribution in [2.24, 2.45) is 7.05 Å². The van der Waals surface area contributed by atoms with Crippen LogP contribution in [-0.4, -0.2) is 23.1 Å². The summed E-state index contributed by atoms with van der Waals surface area (Å²) in [5.74, 6) is 0.534. The molecular formula is C19H18ClN5O2. The maximum atomic E-state index is 13.0. The lowest BCUT2D eigenvalue weighted by Gasteiger charge is -2.07. The van der Waals surface area contributed by atoms with E-state index in [1.54, 1.807) is 29.7 Å². The number of aromatic nitrogens is 5. The van der Waals surface area contributed by atoms with E-state index in [0.29, 0.717) is 22.0 Å². The lowest BCUT2D eigenvalue weighted by atomic mass is 10.3. The van der Waals surface area contributed by atoms with Gasteiger partial charge in [-0.05, 0) is 26.0 Å². The van der Waals surface area contributed by atoms with E-state index < -0.39 is 5.69 Å². The van der Waals surface area contributed by atoms with Crippen LogP contribution in [0.15, 0.2) is 52.2 Å². The van der Waals surface area contributed by atoms with E-state index in [1.165, 1.54) is 9.13 Å². The van der Waals surface area contributed by atoms with Gasteiger partial charge in [0.05, 0.1) is 10.7 Å². The molecule has 3 aromatic heterocycles. The lowest BCUT2D eigenvalue weighted by molar-refractivity contribution is 0.666. The van der Waals surface area contributed by atoms with Crippen LogP contribution in [0.1, 0.15) is 12.6 Å². The van der Waals surface area contributed by atoms with Crippen LogP contribution in [0, 0.1) is 6.92 Å². The third-order valence-electron chi connectivity index (χ3n) is 4.64. The van der Waals surface area contributed by atoms with Gasteiger partial charge in [0.1, 0.15) is 0 Å². The number of halogens is 1. The molecule has 0 atom stereocenters. The molecule has 0 fully saturated rings. The second kappa shape index (κ2) is 6.28. The van der Waals surface area contributed by atoms with Gasteiger partial charge >= 0.3 is 5.69 Å². The molecular weight excluding hydrogens is 366 g/mol. The summed E-state index contributed by atoms with van der Waals surface area (Å²) >= 11 is 6.37. The second-order valence-electron chi connectivity index (χ2n) is 6.34. The van der Waals surface area contributed by atoms with E-state index >= 15 is 0 Å². The largest absolute Gasteiger partial charge is 0.332 e. The molecule has 0 amide bonds. The van der Waals surface area contributed by atoms with Gasteiger partial charge in [0, 0.05) is 25.5 Å². The summed E-state index contributed by atoms with van der Waals surface area (Å²) in [6.45, 7) is 3.98. The summed E-state index contributed by atoms with van der Waals surface area (Å²) in [5.41, 5.74) is 1.59. The van der Waals surface area contributed by atoms with Crippen molar-refractivity contribution >= 4 is 28.5 Å². The van der Waals surface area contributed by atoms with E-state index in [4.69, 9.17) is 11.6 Å². The molecule has 0 aliphatic carbocycles. The summed E-state index contributed by atoms with van der Waals surface area (Å²) in [4.78, 5) is 30.2. The predicted molar refractivity (Wildman–Crippen MR) is 106 cm³/mol. The van der Waals surface area contributed by atoms with Gasteiger partial charge in [-0.1, -0.05) is 35.9 Å². The Kier molecular flexibility index (Phi) is 4.04. The Morgan fingerprint density at radius 1 is 1.22 bits per heavy atom. The first-order valence-corrected chi connectivity index (χ1v) is 8.89. The molecule has 0 radical (unpaired) electrons. The Bertz CT molecular complexity index is 1340. The summed E-state index contributed by atoms with van der Waals surface area (Å²) in [6, 6.07) is 7.43. The summed E-state index contributed by atoms with van der Waals surface area (Å²) in [7, 11) is 1.62. The summed E-state index contributed by atoms with van der Waals surface area (Å²) < 4.78 is 6.21. The van der Waals surface area contributed by atoms with Crippen LogP contribution in [0.25, 0.3) is 22.6 Å². The highest BCUT2D eigenvalue weighted by molar-refractivity contribution is 6.32. The van der Waals surface area contributed by atoms with Crippen LogP contribution < -0.4 is 11.2 Å². The number of nitrogens with zero attached hydrogens (tertiary/aromatic N) is 5. The van der Waals surface area contributed by atoms with Crippen molar-refractivity contribution in [1.29, 1.82) is 0 Å². The van der Waals surface area contributed by atoms with Gasteiger partial charge in [-0.15, -0.1) is 0 Å². The number of hydrogen-bond donors (Lipinski definition) is 0. The van der Waals surface area contributed by atoms with Crippen molar-refractivity contribution in [3.05, 3.63) is 74.2 Å². The number of imidazole rings is 2. The van der Waals surface area contributed by atoms with Crippen LogP contribution in [0.5, 0.6) is 0 Å². The zero-order valence-electron chi connectivity index (χ0n) is 15.2. The van der Waals surface area contributed by atoms with Crippen LogP contribution in [0.4, 0.5) is 0 Å². The van der Waals surface area contributed by atoms with Gasteiger partial charge in [-0.25, -0.2) is 4.79 Å². The van der Waals surface area contributed by atoms with Crippen LogP contribution in [0.2, 0.25) is 5.02 Å². The molecule has 7 nitrogen and oxygen atoms in total. The first kappa shape index (κ1) is 17.4. The number of rotatable bonds is 3. The number of fused-ring (bicyclic) bond motifs is 3. The van der Waals surface area contributed by atoms with E-state index in [2.05, 4.69) is 4.98 Å². The van der Waals surface area contributed by atoms with E-state index in [9.17, 15) is 9.59 Å². The summed E-state index contributed by atoms with van der Waals surface area (Å²) in [6.07, 6.45) is 5.41. The minimum absolute atomic E-state index is 0.218. The number of allylic oxidation sites excluding steroid dienone is 2. The molecule has 4 aromatic rings. The fourth-order valence-electron chi connectivity index (χ4n) is 3.31. The highest BCUT2D eigenvalue weighted by Gasteiger charge is 2.21. The highest BCUT2D eigenvalue weighted by atomic mass is 35.5. The van der Waals surface area contributed by atoms with Crippen molar-refractivity contribution in [3.8, 4) is 5.69 Å². The van der Waals surface area contributed by atoms with E-state index in [-0.39, 0.29) is 12.1 Å². The number of para-hydroxylation sites is 1. The Labute approximate surface area is 159 Å². The SMILES string of the molecule is CC=CCn1c(=O)c2c(nc3n(-c4ccccc4Cl)c(C)cn23)n(C)c1=O. The molecule has 0 aliphatic rings. The maximum absolute atomic E-state index is 13.0. The van der Waals surface area contributed by atoms with Crippen LogP contribution in [0.3, 0.4) is 0 Å². The molecule has 27 heavy (non-hydrogen) atoms. The second-order valence-corrected chi connectivity index (χ2v) is 6.74. The molecule has 0 unspecified atom stereocenters. The van der Waals surface area contributed by atoms with Gasteiger partial charge < -0.3 is 0 Å². The Balaban J connectivity index is 2.14. The molecule has 8 heteroatoms. The van der Waals surface area contributed by atoms with E-state index in [1.807, 2.05) is 42.8 Å². The summed E-state index contributed by atoms with van der Waals surface area (Å²) in [5, 5.41) is 0.574. The van der Waals surface area contributed by atoms with Gasteiger partial charge in [-0.2, -0.15) is 4.98 Å². The van der Waals surface area contributed by atoms with Gasteiger partial charge in [0.15, 0.2) is 11.2 Å². The Morgan fingerprint density at radius 2 is 1.96 bits per heavy atom. The lowest BCUT2D eigenvalue weighted by Crippen LogP contribution is -2.39. The quantitative estimate of drug-likeness (QED) is 0.511. The maximum Gasteiger partial charge on any atom is 0.332 e. The zero-order valence-corrected chi connectivity index (χ0v) is 15.9. The fraction of sp³-hybridized carbons (Fsp3) is 0.211. The number of benzene rings is 1. The standard InChI is InChI=1S/C19H18ClN5O2/c1-4-5-10-23-17(26)15-16(22(3)19(23)27)21-18-24(15)11-12(2)25(18)14-9-7-6-8-13(14)20/h4-9,11H,10H2,1-3H3. The first-order chi connectivity index (χ1) is 13.0. The first-order valence-electron chi connectivity index (χ1n) is 8.51. The molecule has 1 aromatic carbocycles. The molecule has 0 N–H and O–H groups in total. The third-order valence-corrected chi connectivity index (χ3v) is 4.96. The molecule has 0 saturated heterocycles. The van der Waals surface area contributed by atoms with Gasteiger partial charge in [0.25, 0.3) is 5.56 Å². The average Bonchev–Trinajstić information content (AvgIpc) is 3.15. The molecule has 0 spiro atoms. The molecule has 138 valence electrons. The highest BCUT2D eigenvalue weighted by Crippen LogP contribution is 2.25. The molecule has 4 rings (SSSR count). The van der Waals surface area contributed by atoms with E-state index in [0.717, 1.165) is 11.4 Å². The zero-order chi connectivity index (χ0) is 19.3. The van der Waals surface area contributed by atoms with Crippen LogP contribution in [-0.2, 0) is 13.6 Å². The van der Waals surface area contributed by atoms with Crippen LogP contribution >= 0.6 is 11.6 Å². The average molecular weight is 384 g/mol. The molecule has 0 saturated carbocycles. The molecule has 0 aliphatic heterocycles. The van der Waals surface area contributed by atoms with Crippen molar-refractivity contribution in [2.45, 2.75) is 20.4 Å². The normalized spacial score (nSPS) is 12.0. The topological polar surface area (TPSA) is 66.2 Å².